The van der Waals surface area contributed by atoms with Gasteiger partial charge in [-0.2, -0.15) is 4.98 Å². The average molecular weight is 400 g/mol. The summed E-state index contributed by atoms with van der Waals surface area (Å²) < 4.78 is 10.4. The number of hydrogen-bond acceptors (Lipinski definition) is 5. The first-order valence-electron chi connectivity index (χ1n) is 9.15. The fraction of sp³-hybridized carbons (Fsp3) is 0.286. The van der Waals surface area contributed by atoms with E-state index < -0.39 is 0 Å². The van der Waals surface area contributed by atoms with Gasteiger partial charge in [-0.15, -0.1) is 0 Å². The summed E-state index contributed by atoms with van der Waals surface area (Å²) in [6.45, 7) is 0. The van der Waals surface area contributed by atoms with Crippen molar-refractivity contribution in [3.8, 4) is 17.1 Å². The molecule has 0 atom stereocenters. The lowest BCUT2D eigenvalue weighted by Crippen LogP contribution is -2.22. The van der Waals surface area contributed by atoms with E-state index in [-0.39, 0.29) is 12.3 Å². The number of carbonyl (C=O) groups excluding carboxylic acids is 1. The standard InChI is InChI=1S/C21H22ClN3O3/c1-27-18-10-8-15(9-11-18)21-24-20(28-25-21)13-12-19(26)23-17-7-5-3-2-4-6-16(22)14-17/h4,6-11,14H,2-3,5,12-13H2,1H3,(H,23,26)/b6-4+,16-14+,17-7+. The largest absolute Gasteiger partial charge is 0.497 e. The van der Waals surface area contributed by atoms with E-state index in [9.17, 15) is 4.79 Å². The van der Waals surface area contributed by atoms with E-state index in [0.717, 1.165) is 30.6 Å². The number of halogens is 1. The van der Waals surface area contributed by atoms with Gasteiger partial charge in [0.25, 0.3) is 0 Å². The molecule has 1 aliphatic carbocycles. The molecule has 1 heterocycles. The highest BCUT2D eigenvalue weighted by atomic mass is 35.5. The molecular weight excluding hydrogens is 378 g/mol. The number of aromatic nitrogens is 2. The van der Waals surface area contributed by atoms with E-state index in [1.807, 2.05) is 42.5 Å². The quantitative estimate of drug-likeness (QED) is 0.771. The highest BCUT2D eigenvalue weighted by molar-refractivity contribution is 6.31. The molecule has 3 rings (SSSR count). The smallest absolute Gasteiger partial charge is 0.227 e. The Morgan fingerprint density at radius 1 is 1.29 bits per heavy atom. The molecule has 0 aliphatic heterocycles. The number of aryl methyl sites for hydroxylation is 1. The highest BCUT2D eigenvalue weighted by Crippen LogP contribution is 2.20. The van der Waals surface area contributed by atoms with Gasteiger partial charge in [-0.25, -0.2) is 0 Å². The Morgan fingerprint density at radius 3 is 2.89 bits per heavy atom. The van der Waals surface area contributed by atoms with Crippen molar-refractivity contribution in [2.45, 2.75) is 32.1 Å². The minimum absolute atomic E-state index is 0.126. The summed E-state index contributed by atoms with van der Waals surface area (Å²) in [5.74, 6) is 1.53. The third-order valence-corrected chi connectivity index (χ3v) is 4.41. The van der Waals surface area contributed by atoms with Crippen LogP contribution in [0.3, 0.4) is 0 Å². The molecule has 0 unspecified atom stereocenters. The van der Waals surface area contributed by atoms with Crippen LogP contribution in [-0.2, 0) is 11.2 Å². The van der Waals surface area contributed by atoms with Crippen LogP contribution < -0.4 is 10.1 Å². The van der Waals surface area contributed by atoms with E-state index in [0.29, 0.717) is 28.9 Å². The lowest BCUT2D eigenvalue weighted by Gasteiger charge is -2.05. The van der Waals surface area contributed by atoms with Crippen molar-refractivity contribution in [1.82, 2.24) is 15.5 Å². The molecule has 2 aromatic rings. The first kappa shape index (κ1) is 19.9. The fourth-order valence-corrected chi connectivity index (χ4v) is 2.90. The monoisotopic (exact) mass is 399 g/mol. The normalized spacial score (nSPS) is 19.2. The first-order chi connectivity index (χ1) is 13.6. The number of benzene rings is 1. The molecule has 7 heteroatoms. The summed E-state index contributed by atoms with van der Waals surface area (Å²) in [6.07, 6.45) is 11.1. The number of allylic oxidation sites excluding steroid dienone is 5. The predicted octanol–water partition coefficient (Wildman–Crippen LogP) is 4.54. The van der Waals surface area contributed by atoms with Crippen molar-refractivity contribution in [2.24, 2.45) is 0 Å². The van der Waals surface area contributed by atoms with Crippen molar-refractivity contribution in [3.05, 3.63) is 65.2 Å². The Kier molecular flexibility index (Phi) is 7.03. The first-order valence-corrected chi connectivity index (χ1v) is 9.52. The van der Waals surface area contributed by atoms with Crippen molar-refractivity contribution in [3.63, 3.8) is 0 Å². The summed E-state index contributed by atoms with van der Waals surface area (Å²) in [6, 6.07) is 7.37. The van der Waals surface area contributed by atoms with Crippen LogP contribution in [-0.4, -0.2) is 23.2 Å². The Morgan fingerprint density at radius 2 is 2.11 bits per heavy atom. The van der Waals surface area contributed by atoms with Gasteiger partial charge >= 0.3 is 0 Å². The van der Waals surface area contributed by atoms with E-state index in [4.69, 9.17) is 20.9 Å². The van der Waals surface area contributed by atoms with Gasteiger partial charge in [0, 0.05) is 29.1 Å². The number of nitrogens with zero attached hydrogens (tertiary/aromatic N) is 2. The lowest BCUT2D eigenvalue weighted by atomic mass is 10.2. The summed E-state index contributed by atoms with van der Waals surface area (Å²) in [5, 5.41) is 7.46. The lowest BCUT2D eigenvalue weighted by molar-refractivity contribution is -0.120. The topological polar surface area (TPSA) is 77.2 Å². The maximum absolute atomic E-state index is 12.3. The average Bonchev–Trinajstić information content (AvgIpc) is 3.20. The maximum Gasteiger partial charge on any atom is 0.227 e. The van der Waals surface area contributed by atoms with Crippen LogP contribution in [0.5, 0.6) is 5.75 Å². The van der Waals surface area contributed by atoms with Gasteiger partial charge in [0.15, 0.2) is 0 Å². The van der Waals surface area contributed by atoms with E-state index in [1.165, 1.54) is 0 Å². The number of rotatable bonds is 6. The van der Waals surface area contributed by atoms with Gasteiger partial charge < -0.3 is 14.6 Å². The Labute approximate surface area is 168 Å². The zero-order chi connectivity index (χ0) is 19.8. The van der Waals surface area contributed by atoms with Crippen LogP contribution in [0.15, 0.2) is 63.8 Å². The molecule has 28 heavy (non-hydrogen) atoms. The van der Waals surface area contributed by atoms with Crippen molar-refractivity contribution < 1.29 is 14.1 Å². The molecule has 0 spiro atoms. The highest BCUT2D eigenvalue weighted by Gasteiger charge is 2.11. The second-order valence-corrected chi connectivity index (χ2v) is 6.75. The van der Waals surface area contributed by atoms with Crippen molar-refractivity contribution in [2.75, 3.05) is 7.11 Å². The van der Waals surface area contributed by atoms with Crippen LogP contribution >= 0.6 is 11.6 Å². The van der Waals surface area contributed by atoms with Gasteiger partial charge in [0.05, 0.1) is 7.11 Å². The third kappa shape index (κ3) is 5.82. The van der Waals surface area contributed by atoms with Crippen LogP contribution in [0.25, 0.3) is 11.4 Å². The van der Waals surface area contributed by atoms with E-state index in [2.05, 4.69) is 15.5 Å². The molecule has 0 radical (unpaired) electrons. The molecule has 6 nitrogen and oxygen atoms in total. The number of methoxy groups -OCH3 is 1. The maximum atomic E-state index is 12.3. The zero-order valence-electron chi connectivity index (χ0n) is 15.7. The molecule has 1 aromatic heterocycles. The molecule has 1 aromatic carbocycles. The Balaban J connectivity index is 1.56. The Bertz CT molecular complexity index is 898. The number of nitrogens with one attached hydrogen (secondary N) is 1. The molecular formula is C21H22ClN3O3. The fourth-order valence-electron chi connectivity index (χ4n) is 2.69. The minimum Gasteiger partial charge on any atom is -0.497 e. The second kappa shape index (κ2) is 9.90. The third-order valence-electron chi connectivity index (χ3n) is 4.18. The minimum atomic E-state index is -0.126. The van der Waals surface area contributed by atoms with Crippen LogP contribution in [0, 0.1) is 0 Å². The summed E-state index contributed by atoms with van der Waals surface area (Å²) in [5.41, 5.74) is 1.54. The van der Waals surface area contributed by atoms with Gasteiger partial charge in [0.2, 0.25) is 17.6 Å². The van der Waals surface area contributed by atoms with Crippen LogP contribution in [0.2, 0.25) is 0 Å². The molecule has 1 N–H and O–H groups in total. The van der Waals surface area contributed by atoms with Gasteiger partial charge in [-0.3, -0.25) is 4.79 Å². The van der Waals surface area contributed by atoms with Gasteiger partial charge in [-0.05, 0) is 55.7 Å². The molecule has 146 valence electrons. The summed E-state index contributed by atoms with van der Waals surface area (Å²) >= 11 is 6.14. The van der Waals surface area contributed by atoms with E-state index >= 15 is 0 Å². The molecule has 1 aliphatic rings. The van der Waals surface area contributed by atoms with E-state index in [1.54, 1.807) is 13.2 Å². The zero-order valence-corrected chi connectivity index (χ0v) is 16.4. The SMILES string of the molecule is COc1ccc(-c2noc(CCC(=O)NC3=C/CCC/C=C/C(Cl)=C\3)n2)cc1. The predicted molar refractivity (Wildman–Crippen MR) is 108 cm³/mol. The number of carbonyl (C=O) groups is 1. The molecule has 1 amide bonds. The number of ether oxygens (including phenoxy) is 1. The summed E-state index contributed by atoms with van der Waals surface area (Å²) in [4.78, 5) is 16.6. The second-order valence-electron chi connectivity index (χ2n) is 6.31. The van der Waals surface area contributed by atoms with Crippen LogP contribution in [0.4, 0.5) is 0 Å². The summed E-state index contributed by atoms with van der Waals surface area (Å²) in [7, 11) is 1.61. The Hall–Kier alpha value is -2.86. The molecule has 0 saturated carbocycles. The number of amides is 1. The van der Waals surface area contributed by atoms with Gasteiger partial charge in [0.1, 0.15) is 5.75 Å². The molecule has 0 saturated heterocycles. The number of hydrogen-bond donors (Lipinski definition) is 1. The molecule has 0 fully saturated rings. The molecule has 0 bridgehead atoms. The van der Waals surface area contributed by atoms with Crippen LogP contribution in [0.1, 0.15) is 31.6 Å². The van der Waals surface area contributed by atoms with Crippen molar-refractivity contribution >= 4 is 17.5 Å². The van der Waals surface area contributed by atoms with Crippen molar-refractivity contribution in [1.29, 1.82) is 0 Å². The van der Waals surface area contributed by atoms with Gasteiger partial charge in [-0.1, -0.05) is 28.9 Å².